The maximum atomic E-state index is 13.2. The van der Waals surface area contributed by atoms with Gasteiger partial charge >= 0.3 is 0 Å². The van der Waals surface area contributed by atoms with E-state index >= 15 is 0 Å². The van der Waals surface area contributed by atoms with E-state index in [2.05, 4.69) is 27.1 Å². The molecule has 0 saturated carbocycles. The molecule has 0 fully saturated rings. The Hall–Kier alpha value is -3.02. The minimum atomic E-state index is -0.281. The molecule has 0 bridgehead atoms. The van der Waals surface area contributed by atoms with E-state index in [1.165, 1.54) is 12.1 Å². The van der Waals surface area contributed by atoms with E-state index < -0.39 is 0 Å². The molecule has 5 nitrogen and oxygen atoms in total. The molecule has 0 radical (unpaired) electrons. The predicted molar refractivity (Wildman–Crippen MR) is 99.1 cm³/mol. The van der Waals surface area contributed by atoms with Crippen molar-refractivity contribution in [2.45, 2.75) is 19.3 Å². The number of nitrogens with two attached hydrogens (primary N) is 1. The van der Waals surface area contributed by atoms with Gasteiger partial charge in [-0.15, -0.1) is 0 Å². The SMILES string of the molecule is Nc1nc(OCC2CC=CCC2)c2nc(-c3ccc(F)cc3)ccc2n1. The van der Waals surface area contributed by atoms with Gasteiger partial charge in [0, 0.05) is 5.56 Å². The van der Waals surface area contributed by atoms with Crippen LogP contribution >= 0.6 is 0 Å². The Morgan fingerprint density at radius 1 is 1.04 bits per heavy atom. The van der Waals surface area contributed by atoms with Gasteiger partial charge in [0.05, 0.1) is 17.8 Å². The fraction of sp³-hybridized carbons (Fsp3) is 0.250. The molecule has 1 atom stereocenters. The van der Waals surface area contributed by atoms with Crippen molar-refractivity contribution in [1.29, 1.82) is 0 Å². The number of ether oxygens (including phenoxy) is 1. The molecule has 6 heteroatoms. The number of pyridine rings is 1. The summed E-state index contributed by atoms with van der Waals surface area (Å²) < 4.78 is 19.1. The first kappa shape index (κ1) is 16.4. The summed E-state index contributed by atoms with van der Waals surface area (Å²) >= 11 is 0. The van der Waals surface area contributed by atoms with E-state index in [0.717, 1.165) is 24.8 Å². The lowest BCUT2D eigenvalue weighted by Crippen LogP contribution is -2.14. The van der Waals surface area contributed by atoms with Gasteiger partial charge in [0.15, 0.2) is 5.52 Å². The molecule has 1 aromatic carbocycles. The maximum absolute atomic E-state index is 13.2. The number of nitrogens with zero attached hydrogens (tertiary/aromatic N) is 3. The number of benzene rings is 1. The third-order valence-electron chi connectivity index (χ3n) is 4.50. The Morgan fingerprint density at radius 2 is 1.88 bits per heavy atom. The van der Waals surface area contributed by atoms with Crippen LogP contribution in [0.15, 0.2) is 48.6 Å². The smallest absolute Gasteiger partial charge is 0.245 e. The third kappa shape index (κ3) is 3.49. The van der Waals surface area contributed by atoms with Gasteiger partial charge in [-0.1, -0.05) is 12.2 Å². The van der Waals surface area contributed by atoms with Crippen molar-refractivity contribution in [3.8, 4) is 17.1 Å². The molecule has 0 saturated heterocycles. The Kier molecular flexibility index (Phi) is 4.48. The molecule has 1 aliphatic rings. The standard InChI is InChI=1S/C20H19FN4O/c21-15-8-6-14(7-9-15)16-10-11-17-18(23-16)19(25-20(22)24-17)26-12-13-4-2-1-3-5-13/h1-2,6-11,13H,3-5,12H2,(H2,22,24,25). The van der Waals surface area contributed by atoms with Crippen LogP contribution in [-0.2, 0) is 0 Å². The van der Waals surface area contributed by atoms with Crippen LogP contribution in [0.1, 0.15) is 19.3 Å². The van der Waals surface area contributed by atoms with Crippen molar-refractivity contribution < 1.29 is 9.13 Å². The van der Waals surface area contributed by atoms with Gasteiger partial charge in [0.2, 0.25) is 11.8 Å². The van der Waals surface area contributed by atoms with Gasteiger partial charge in [-0.2, -0.15) is 4.98 Å². The van der Waals surface area contributed by atoms with Crippen molar-refractivity contribution in [2.24, 2.45) is 5.92 Å². The second-order valence-corrected chi connectivity index (χ2v) is 6.42. The van der Waals surface area contributed by atoms with E-state index in [4.69, 9.17) is 10.5 Å². The number of nitrogen functional groups attached to an aromatic ring is 1. The summed E-state index contributed by atoms with van der Waals surface area (Å²) in [4.78, 5) is 13.1. The number of allylic oxidation sites excluding steroid dienone is 2. The fourth-order valence-corrected chi connectivity index (χ4v) is 3.09. The number of halogens is 1. The first-order valence-corrected chi connectivity index (χ1v) is 8.67. The van der Waals surface area contributed by atoms with E-state index in [0.29, 0.717) is 35.1 Å². The summed E-state index contributed by atoms with van der Waals surface area (Å²) in [5, 5.41) is 0. The highest BCUT2D eigenvalue weighted by Crippen LogP contribution is 2.27. The molecule has 0 spiro atoms. The molecule has 1 aliphatic carbocycles. The minimum Gasteiger partial charge on any atom is -0.476 e. The summed E-state index contributed by atoms with van der Waals surface area (Å²) in [6.07, 6.45) is 7.57. The topological polar surface area (TPSA) is 73.9 Å². The quantitative estimate of drug-likeness (QED) is 0.716. The third-order valence-corrected chi connectivity index (χ3v) is 4.50. The number of hydrogen-bond acceptors (Lipinski definition) is 5. The average molecular weight is 350 g/mol. The summed E-state index contributed by atoms with van der Waals surface area (Å²) in [5.41, 5.74) is 8.52. The zero-order valence-electron chi connectivity index (χ0n) is 14.2. The summed E-state index contributed by atoms with van der Waals surface area (Å²) in [6.45, 7) is 0.568. The van der Waals surface area contributed by atoms with Gasteiger partial charge in [0.25, 0.3) is 0 Å². The van der Waals surface area contributed by atoms with E-state index in [1.54, 1.807) is 12.1 Å². The van der Waals surface area contributed by atoms with Gasteiger partial charge in [-0.3, -0.25) is 0 Å². The van der Waals surface area contributed by atoms with Crippen molar-refractivity contribution in [3.63, 3.8) is 0 Å². The maximum Gasteiger partial charge on any atom is 0.245 e. The molecular weight excluding hydrogens is 331 g/mol. The van der Waals surface area contributed by atoms with Gasteiger partial charge in [-0.05, 0) is 61.6 Å². The highest BCUT2D eigenvalue weighted by molar-refractivity contribution is 5.83. The predicted octanol–water partition coefficient (Wildman–Crippen LogP) is 4.15. The normalized spacial score (nSPS) is 16.7. The Balaban J connectivity index is 1.67. The summed E-state index contributed by atoms with van der Waals surface area (Å²) in [7, 11) is 0. The molecule has 2 heterocycles. The molecule has 2 aromatic heterocycles. The van der Waals surface area contributed by atoms with Crippen LogP contribution in [0.25, 0.3) is 22.3 Å². The first-order valence-electron chi connectivity index (χ1n) is 8.67. The molecule has 2 N–H and O–H groups in total. The molecule has 26 heavy (non-hydrogen) atoms. The van der Waals surface area contributed by atoms with Crippen LogP contribution in [0.5, 0.6) is 5.88 Å². The first-order chi connectivity index (χ1) is 12.7. The molecule has 0 aliphatic heterocycles. The van der Waals surface area contributed by atoms with Gasteiger partial charge in [-0.25, -0.2) is 14.4 Å². The number of aromatic nitrogens is 3. The highest BCUT2D eigenvalue weighted by Gasteiger charge is 2.15. The van der Waals surface area contributed by atoms with E-state index in [-0.39, 0.29) is 11.8 Å². The van der Waals surface area contributed by atoms with Crippen molar-refractivity contribution in [2.75, 3.05) is 12.3 Å². The highest BCUT2D eigenvalue weighted by atomic mass is 19.1. The van der Waals surface area contributed by atoms with Crippen molar-refractivity contribution in [3.05, 3.63) is 54.4 Å². The van der Waals surface area contributed by atoms with Crippen molar-refractivity contribution in [1.82, 2.24) is 15.0 Å². The molecule has 1 unspecified atom stereocenters. The van der Waals surface area contributed by atoms with Crippen molar-refractivity contribution >= 4 is 17.0 Å². The number of rotatable bonds is 4. The molecule has 4 rings (SSSR count). The summed E-state index contributed by atoms with van der Waals surface area (Å²) in [5.74, 6) is 0.737. The summed E-state index contributed by atoms with van der Waals surface area (Å²) in [6, 6.07) is 9.86. The van der Waals surface area contributed by atoms with E-state index in [1.807, 2.05) is 12.1 Å². The second kappa shape index (κ2) is 7.07. The molecular formula is C20H19FN4O. The van der Waals surface area contributed by atoms with Crippen LogP contribution < -0.4 is 10.5 Å². The van der Waals surface area contributed by atoms with Crippen LogP contribution in [0.2, 0.25) is 0 Å². The number of fused-ring (bicyclic) bond motifs is 1. The lowest BCUT2D eigenvalue weighted by Gasteiger charge is -2.18. The largest absolute Gasteiger partial charge is 0.476 e. The Labute approximate surface area is 150 Å². The monoisotopic (exact) mass is 350 g/mol. The number of anilines is 1. The lowest BCUT2D eigenvalue weighted by atomic mass is 9.95. The van der Waals surface area contributed by atoms with Crippen LogP contribution in [0, 0.1) is 11.7 Å². The Morgan fingerprint density at radius 3 is 2.65 bits per heavy atom. The zero-order valence-corrected chi connectivity index (χ0v) is 14.2. The van der Waals surface area contributed by atoms with Gasteiger partial charge in [0.1, 0.15) is 5.82 Å². The minimum absolute atomic E-state index is 0.160. The zero-order chi connectivity index (χ0) is 17.9. The molecule has 132 valence electrons. The van der Waals surface area contributed by atoms with Crippen LogP contribution in [0.4, 0.5) is 10.3 Å². The fourth-order valence-electron chi connectivity index (χ4n) is 3.09. The van der Waals surface area contributed by atoms with Crippen LogP contribution in [-0.4, -0.2) is 21.6 Å². The second-order valence-electron chi connectivity index (χ2n) is 6.42. The average Bonchev–Trinajstić information content (AvgIpc) is 2.67. The molecule has 3 aromatic rings. The van der Waals surface area contributed by atoms with E-state index in [9.17, 15) is 4.39 Å². The molecule has 0 amide bonds. The van der Waals surface area contributed by atoms with Crippen LogP contribution in [0.3, 0.4) is 0 Å². The lowest BCUT2D eigenvalue weighted by molar-refractivity contribution is 0.233. The number of hydrogen-bond donors (Lipinski definition) is 1. The van der Waals surface area contributed by atoms with Gasteiger partial charge < -0.3 is 10.5 Å². The Bertz CT molecular complexity index is 956.